The van der Waals surface area contributed by atoms with Crippen LogP contribution < -0.4 is 4.74 Å². The number of benzene rings is 1. The largest absolute Gasteiger partial charge is 0.482 e. The average molecular weight is 382 g/mol. The van der Waals surface area contributed by atoms with E-state index in [4.69, 9.17) is 32.4 Å². The minimum absolute atomic E-state index is 0.0837. The summed E-state index contributed by atoms with van der Waals surface area (Å²) in [5.74, 6) is -0.518. The maximum Gasteiger partial charge on any atom is 0.406 e. The van der Waals surface area contributed by atoms with E-state index >= 15 is 0 Å². The highest BCUT2D eigenvalue weighted by atomic mass is 35.5. The molecule has 1 amide bonds. The Morgan fingerprint density at radius 3 is 2.58 bits per heavy atom. The standard InChI is InChI=1S/C15H12Cl2F3NO3/c16-11-4-1-5-12(14(11)17)24-8-13(22)21(9-15(18,19)20)7-10-3-2-6-23-10/h1-6H,7-9H2. The molecule has 0 aliphatic heterocycles. The van der Waals surface area contributed by atoms with Gasteiger partial charge < -0.3 is 14.1 Å². The zero-order chi connectivity index (χ0) is 17.7. The Labute approximate surface area is 145 Å². The van der Waals surface area contributed by atoms with E-state index in [-0.39, 0.29) is 28.1 Å². The summed E-state index contributed by atoms with van der Waals surface area (Å²) in [7, 11) is 0. The van der Waals surface area contributed by atoms with Crippen LogP contribution in [0.25, 0.3) is 0 Å². The Morgan fingerprint density at radius 1 is 1.21 bits per heavy atom. The zero-order valence-electron chi connectivity index (χ0n) is 12.1. The molecule has 0 saturated heterocycles. The summed E-state index contributed by atoms with van der Waals surface area (Å²) >= 11 is 11.7. The average Bonchev–Trinajstić information content (AvgIpc) is 2.99. The lowest BCUT2D eigenvalue weighted by atomic mass is 10.3. The van der Waals surface area contributed by atoms with Gasteiger partial charge in [-0.25, -0.2) is 0 Å². The molecule has 0 saturated carbocycles. The second-order valence-electron chi connectivity index (χ2n) is 4.78. The lowest BCUT2D eigenvalue weighted by molar-refractivity contribution is -0.164. The first-order chi connectivity index (χ1) is 11.3. The molecular weight excluding hydrogens is 370 g/mol. The van der Waals surface area contributed by atoms with Crippen molar-refractivity contribution in [3.05, 3.63) is 52.4 Å². The summed E-state index contributed by atoms with van der Waals surface area (Å²) in [4.78, 5) is 12.7. The van der Waals surface area contributed by atoms with Gasteiger partial charge in [0, 0.05) is 0 Å². The minimum atomic E-state index is -4.55. The second kappa shape index (κ2) is 7.81. The van der Waals surface area contributed by atoms with E-state index in [2.05, 4.69) is 0 Å². The third-order valence-electron chi connectivity index (χ3n) is 2.92. The fraction of sp³-hybridized carbons (Fsp3) is 0.267. The number of nitrogens with zero attached hydrogens (tertiary/aromatic N) is 1. The molecule has 0 fully saturated rings. The lowest BCUT2D eigenvalue weighted by Gasteiger charge is -2.23. The van der Waals surface area contributed by atoms with Crippen LogP contribution in [0, 0.1) is 0 Å². The fourth-order valence-electron chi connectivity index (χ4n) is 1.87. The van der Waals surface area contributed by atoms with E-state index in [0.29, 0.717) is 4.90 Å². The minimum Gasteiger partial charge on any atom is -0.482 e. The number of furan rings is 1. The van der Waals surface area contributed by atoms with Gasteiger partial charge >= 0.3 is 6.18 Å². The maximum absolute atomic E-state index is 12.7. The predicted octanol–water partition coefficient (Wildman–Crippen LogP) is 4.56. The van der Waals surface area contributed by atoms with Gasteiger partial charge in [-0.15, -0.1) is 0 Å². The van der Waals surface area contributed by atoms with Crippen molar-refractivity contribution in [3.63, 3.8) is 0 Å². The zero-order valence-corrected chi connectivity index (χ0v) is 13.7. The third-order valence-corrected chi connectivity index (χ3v) is 3.72. The molecule has 0 atom stereocenters. The molecule has 4 nitrogen and oxygen atoms in total. The summed E-state index contributed by atoms with van der Waals surface area (Å²) < 4.78 is 48.2. The van der Waals surface area contributed by atoms with Gasteiger partial charge in [-0.2, -0.15) is 13.2 Å². The second-order valence-corrected chi connectivity index (χ2v) is 5.57. The molecule has 1 heterocycles. The van der Waals surface area contributed by atoms with Crippen molar-refractivity contribution >= 4 is 29.1 Å². The number of amides is 1. The van der Waals surface area contributed by atoms with Crippen LogP contribution in [0.2, 0.25) is 10.0 Å². The molecule has 1 aromatic carbocycles. The number of ether oxygens (including phenoxy) is 1. The van der Waals surface area contributed by atoms with Gasteiger partial charge in [0.05, 0.1) is 17.8 Å². The molecule has 0 aliphatic rings. The predicted molar refractivity (Wildman–Crippen MR) is 82.1 cm³/mol. The first-order valence-corrected chi connectivity index (χ1v) is 7.45. The number of rotatable bonds is 6. The van der Waals surface area contributed by atoms with E-state index in [0.717, 1.165) is 0 Å². The van der Waals surface area contributed by atoms with Gasteiger partial charge in [0.2, 0.25) is 0 Å². The molecule has 24 heavy (non-hydrogen) atoms. The Morgan fingerprint density at radius 2 is 1.96 bits per heavy atom. The van der Waals surface area contributed by atoms with Crippen LogP contribution in [0.1, 0.15) is 5.76 Å². The lowest BCUT2D eigenvalue weighted by Crippen LogP contribution is -2.40. The van der Waals surface area contributed by atoms with Gasteiger partial charge in [-0.3, -0.25) is 4.79 Å². The number of carbonyl (C=O) groups excluding carboxylic acids is 1. The summed E-state index contributed by atoms with van der Waals surface area (Å²) in [6, 6.07) is 7.52. The normalized spacial score (nSPS) is 11.4. The van der Waals surface area contributed by atoms with Crippen LogP contribution in [0.15, 0.2) is 41.0 Å². The molecule has 2 rings (SSSR count). The topological polar surface area (TPSA) is 42.7 Å². The highest BCUT2D eigenvalue weighted by Gasteiger charge is 2.33. The van der Waals surface area contributed by atoms with Crippen molar-refractivity contribution in [2.75, 3.05) is 13.2 Å². The fourth-order valence-corrected chi connectivity index (χ4v) is 2.21. The van der Waals surface area contributed by atoms with Crippen LogP contribution in [0.3, 0.4) is 0 Å². The highest BCUT2D eigenvalue weighted by Crippen LogP contribution is 2.31. The molecule has 0 bridgehead atoms. The Hall–Kier alpha value is -1.86. The quantitative estimate of drug-likeness (QED) is 0.736. The monoisotopic (exact) mass is 381 g/mol. The van der Waals surface area contributed by atoms with Gasteiger partial charge in [0.15, 0.2) is 6.61 Å². The molecule has 0 spiro atoms. The molecule has 1 aromatic heterocycles. The summed E-state index contributed by atoms with van der Waals surface area (Å²) in [5.41, 5.74) is 0. The van der Waals surface area contributed by atoms with E-state index in [1.165, 1.54) is 30.5 Å². The van der Waals surface area contributed by atoms with Crippen LogP contribution in [-0.4, -0.2) is 30.1 Å². The molecular formula is C15H12Cl2F3NO3. The van der Waals surface area contributed by atoms with Crippen LogP contribution in [0.5, 0.6) is 5.75 Å². The molecule has 0 radical (unpaired) electrons. The van der Waals surface area contributed by atoms with Crippen molar-refractivity contribution in [3.8, 4) is 5.75 Å². The van der Waals surface area contributed by atoms with Gasteiger partial charge in [-0.1, -0.05) is 29.3 Å². The molecule has 9 heteroatoms. The van der Waals surface area contributed by atoms with E-state index in [1.54, 1.807) is 6.07 Å². The number of alkyl halides is 3. The molecule has 2 aromatic rings. The Kier molecular flexibility index (Phi) is 6.01. The summed E-state index contributed by atoms with van der Waals surface area (Å²) in [5, 5.41) is 0.296. The third kappa shape index (κ3) is 5.35. The van der Waals surface area contributed by atoms with Crippen molar-refractivity contribution in [2.45, 2.75) is 12.7 Å². The van der Waals surface area contributed by atoms with E-state index < -0.39 is 25.2 Å². The van der Waals surface area contributed by atoms with E-state index in [9.17, 15) is 18.0 Å². The Balaban J connectivity index is 2.05. The number of carbonyl (C=O) groups is 1. The molecule has 0 aliphatic carbocycles. The Bertz CT molecular complexity index is 690. The molecule has 0 N–H and O–H groups in total. The summed E-state index contributed by atoms with van der Waals surface area (Å²) in [6.07, 6.45) is -3.23. The van der Waals surface area contributed by atoms with Crippen molar-refractivity contribution in [1.29, 1.82) is 0 Å². The van der Waals surface area contributed by atoms with Gasteiger partial charge in [0.1, 0.15) is 23.1 Å². The van der Waals surface area contributed by atoms with Crippen LogP contribution >= 0.6 is 23.2 Å². The maximum atomic E-state index is 12.7. The van der Waals surface area contributed by atoms with Crippen molar-refractivity contribution in [2.24, 2.45) is 0 Å². The van der Waals surface area contributed by atoms with E-state index in [1.807, 2.05) is 0 Å². The number of hydrogen-bond acceptors (Lipinski definition) is 3. The highest BCUT2D eigenvalue weighted by molar-refractivity contribution is 6.42. The van der Waals surface area contributed by atoms with Gasteiger partial charge in [-0.05, 0) is 24.3 Å². The SMILES string of the molecule is O=C(COc1cccc(Cl)c1Cl)N(Cc1ccco1)CC(F)(F)F. The first-order valence-electron chi connectivity index (χ1n) is 6.70. The number of halogens is 5. The van der Waals surface area contributed by atoms with Crippen molar-refractivity contribution < 1.29 is 27.1 Å². The smallest absolute Gasteiger partial charge is 0.406 e. The van der Waals surface area contributed by atoms with Gasteiger partial charge in [0.25, 0.3) is 5.91 Å². The van der Waals surface area contributed by atoms with Crippen LogP contribution in [0.4, 0.5) is 13.2 Å². The van der Waals surface area contributed by atoms with Crippen molar-refractivity contribution in [1.82, 2.24) is 4.90 Å². The molecule has 130 valence electrons. The molecule has 0 unspecified atom stereocenters. The number of hydrogen-bond donors (Lipinski definition) is 0. The first kappa shape index (κ1) is 18.5. The summed E-state index contributed by atoms with van der Waals surface area (Å²) in [6.45, 7) is -2.35. The van der Waals surface area contributed by atoms with Crippen LogP contribution in [-0.2, 0) is 11.3 Å².